The molecule has 0 saturated carbocycles. The summed E-state index contributed by atoms with van der Waals surface area (Å²) in [5.74, 6) is 0.769. The van der Waals surface area contributed by atoms with E-state index in [9.17, 15) is 0 Å². The normalized spacial score (nSPS) is 10.9. The van der Waals surface area contributed by atoms with Crippen molar-refractivity contribution in [1.82, 2.24) is 19.7 Å². The number of nitrogens with zero attached hydrogens (tertiary/aromatic N) is 4. The number of hydrogen-bond donors (Lipinski definition) is 1. The summed E-state index contributed by atoms with van der Waals surface area (Å²) in [6.07, 6.45) is 3.74. The number of fused-ring (bicyclic) bond motifs is 1. The number of halogens is 1. The number of aryl methyl sites for hydroxylation is 1. The van der Waals surface area contributed by atoms with E-state index in [1.54, 1.807) is 10.9 Å². The van der Waals surface area contributed by atoms with E-state index in [0.717, 1.165) is 32.2 Å². The number of aromatic nitrogens is 4. The molecule has 102 valence electrons. The summed E-state index contributed by atoms with van der Waals surface area (Å²) in [5.41, 5.74) is 1.79. The van der Waals surface area contributed by atoms with E-state index >= 15 is 0 Å². The topological polar surface area (TPSA) is 55.6 Å². The average molecular weight is 350 g/mol. The fourth-order valence-corrected chi connectivity index (χ4v) is 2.65. The lowest BCUT2D eigenvalue weighted by atomic mass is 10.3. The van der Waals surface area contributed by atoms with Crippen LogP contribution in [0.2, 0.25) is 0 Å². The van der Waals surface area contributed by atoms with Gasteiger partial charge < -0.3 is 5.32 Å². The van der Waals surface area contributed by atoms with Gasteiger partial charge in [-0.05, 0) is 24.5 Å². The van der Waals surface area contributed by atoms with Gasteiger partial charge in [0.2, 0.25) is 0 Å². The van der Waals surface area contributed by atoms with Gasteiger partial charge in [0.1, 0.15) is 5.82 Å². The number of hydrogen-bond acceptors (Lipinski definition) is 5. The highest BCUT2D eigenvalue weighted by molar-refractivity contribution is 9.10. The lowest BCUT2D eigenvalue weighted by Crippen LogP contribution is -1.99. The molecule has 0 amide bonds. The van der Waals surface area contributed by atoms with Crippen LogP contribution < -0.4 is 5.32 Å². The molecule has 0 aliphatic carbocycles. The number of rotatable bonds is 3. The quantitative estimate of drug-likeness (QED) is 0.578. The number of nitrogens with one attached hydrogen (secondary N) is 1. The maximum atomic E-state index is 4.53. The predicted octanol–water partition coefficient (Wildman–Crippen LogP) is 3.59. The van der Waals surface area contributed by atoms with Crippen LogP contribution >= 0.6 is 27.7 Å². The molecule has 5 nitrogen and oxygen atoms in total. The van der Waals surface area contributed by atoms with Gasteiger partial charge in [0, 0.05) is 17.2 Å². The second-order valence-corrected chi connectivity index (χ2v) is 5.89. The Morgan fingerprint density at radius 2 is 2.15 bits per heavy atom. The first-order valence-corrected chi connectivity index (χ1v) is 7.95. The molecule has 2 heterocycles. The molecule has 1 N–H and O–H groups in total. The molecule has 0 fully saturated rings. The van der Waals surface area contributed by atoms with Crippen molar-refractivity contribution in [2.45, 2.75) is 5.16 Å². The zero-order chi connectivity index (χ0) is 14.1. The largest absolute Gasteiger partial charge is 0.339 e. The van der Waals surface area contributed by atoms with Crippen molar-refractivity contribution in [2.24, 2.45) is 7.05 Å². The van der Waals surface area contributed by atoms with E-state index in [1.807, 2.05) is 37.6 Å². The Hall–Kier alpha value is -1.60. The van der Waals surface area contributed by atoms with E-state index in [2.05, 4.69) is 36.3 Å². The van der Waals surface area contributed by atoms with Gasteiger partial charge in [0.05, 0.1) is 11.6 Å². The van der Waals surface area contributed by atoms with Gasteiger partial charge in [-0.25, -0.2) is 9.97 Å². The molecule has 2 aromatic heterocycles. The van der Waals surface area contributed by atoms with Gasteiger partial charge >= 0.3 is 0 Å². The Kier molecular flexibility index (Phi) is 3.62. The van der Waals surface area contributed by atoms with Crippen LogP contribution in [0.5, 0.6) is 0 Å². The molecule has 3 aromatic rings. The van der Waals surface area contributed by atoms with Crippen molar-refractivity contribution in [3.05, 3.63) is 34.9 Å². The first-order chi connectivity index (χ1) is 9.67. The summed E-state index contributed by atoms with van der Waals surface area (Å²) in [7, 11) is 1.88. The highest BCUT2D eigenvalue weighted by atomic mass is 79.9. The first kappa shape index (κ1) is 13.4. The lowest BCUT2D eigenvalue weighted by Gasteiger charge is -2.08. The molecular weight excluding hydrogens is 338 g/mol. The zero-order valence-corrected chi connectivity index (χ0v) is 13.4. The van der Waals surface area contributed by atoms with Crippen LogP contribution in [0.25, 0.3) is 11.0 Å². The molecule has 7 heteroatoms. The summed E-state index contributed by atoms with van der Waals surface area (Å²) >= 11 is 4.98. The van der Waals surface area contributed by atoms with E-state index in [-0.39, 0.29) is 0 Å². The molecule has 0 bridgehead atoms. The van der Waals surface area contributed by atoms with Crippen LogP contribution in [0.1, 0.15) is 0 Å². The van der Waals surface area contributed by atoms with Crippen molar-refractivity contribution in [3.8, 4) is 0 Å². The highest BCUT2D eigenvalue weighted by Gasteiger charge is 2.11. The minimum Gasteiger partial charge on any atom is -0.339 e. The van der Waals surface area contributed by atoms with Gasteiger partial charge in [-0.2, -0.15) is 5.10 Å². The van der Waals surface area contributed by atoms with Gasteiger partial charge in [-0.3, -0.25) is 4.68 Å². The third-order valence-electron chi connectivity index (χ3n) is 2.84. The van der Waals surface area contributed by atoms with Gasteiger partial charge in [-0.1, -0.05) is 33.8 Å². The van der Waals surface area contributed by atoms with Crippen LogP contribution in [0.4, 0.5) is 11.5 Å². The Bertz CT molecular complexity index is 771. The fraction of sp³-hybridized carbons (Fsp3) is 0.154. The first-order valence-electron chi connectivity index (χ1n) is 5.93. The fourth-order valence-electron chi connectivity index (χ4n) is 1.89. The van der Waals surface area contributed by atoms with E-state index in [1.165, 1.54) is 11.8 Å². The average Bonchev–Trinajstić information content (AvgIpc) is 2.81. The van der Waals surface area contributed by atoms with E-state index in [0.29, 0.717) is 0 Å². The number of thioether (sulfide) groups is 1. The number of benzene rings is 1. The molecule has 0 saturated heterocycles. The van der Waals surface area contributed by atoms with E-state index < -0.39 is 0 Å². The molecule has 0 aliphatic rings. The standard InChI is InChI=1S/C13H12BrN5S/c1-19-12-10(7-15-19)11(17-13(18-12)20-2)16-9-5-3-4-8(14)6-9/h3-7H,1-2H3,(H,16,17,18). The maximum absolute atomic E-state index is 4.53. The molecular formula is C13H12BrN5S. The maximum Gasteiger partial charge on any atom is 0.191 e. The predicted molar refractivity (Wildman–Crippen MR) is 85.5 cm³/mol. The molecule has 3 rings (SSSR count). The third kappa shape index (κ3) is 2.51. The van der Waals surface area contributed by atoms with Crippen molar-refractivity contribution in [3.63, 3.8) is 0 Å². The highest BCUT2D eigenvalue weighted by Crippen LogP contribution is 2.26. The summed E-state index contributed by atoms with van der Waals surface area (Å²) in [5, 5.41) is 9.20. The van der Waals surface area contributed by atoms with Crippen LogP contribution in [0.3, 0.4) is 0 Å². The Morgan fingerprint density at radius 3 is 2.90 bits per heavy atom. The SMILES string of the molecule is CSc1nc(Nc2cccc(Br)c2)c2cnn(C)c2n1. The summed E-state index contributed by atoms with van der Waals surface area (Å²) in [4.78, 5) is 9.01. The minimum absolute atomic E-state index is 0.721. The summed E-state index contributed by atoms with van der Waals surface area (Å²) < 4.78 is 2.77. The summed E-state index contributed by atoms with van der Waals surface area (Å²) in [6.45, 7) is 0. The molecule has 0 spiro atoms. The smallest absolute Gasteiger partial charge is 0.191 e. The molecule has 0 radical (unpaired) electrons. The molecule has 0 unspecified atom stereocenters. The minimum atomic E-state index is 0.721. The van der Waals surface area contributed by atoms with Gasteiger partial charge in [0.25, 0.3) is 0 Å². The number of anilines is 2. The van der Waals surface area contributed by atoms with Crippen molar-refractivity contribution in [2.75, 3.05) is 11.6 Å². The van der Waals surface area contributed by atoms with Crippen molar-refractivity contribution < 1.29 is 0 Å². The van der Waals surface area contributed by atoms with Gasteiger partial charge in [-0.15, -0.1) is 0 Å². The molecule has 0 atom stereocenters. The lowest BCUT2D eigenvalue weighted by molar-refractivity contribution is 0.778. The van der Waals surface area contributed by atoms with Crippen LogP contribution in [0.15, 0.2) is 40.1 Å². The summed E-state index contributed by atoms with van der Waals surface area (Å²) in [6, 6.07) is 7.96. The monoisotopic (exact) mass is 349 g/mol. The Balaban J connectivity index is 2.10. The third-order valence-corrected chi connectivity index (χ3v) is 3.88. The second kappa shape index (κ2) is 5.41. The molecule has 20 heavy (non-hydrogen) atoms. The zero-order valence-electron chi connectivity index (χ0n) is 11.0. The van der Waals surface area contributed by atoms with Gasteiger partial charge in [0.15, 0.2) is 10.8 Å². The van der Waals surface area contributed by atoms with Crippen LogP contribution in [-0.4, -0.2) is 26.0 Å². The van der Waals surface area contributed by atoms with Crippen molar-refractivity contribution >= 4 is 50.2 Å². The van der Waals surface area contributed by atoms with Crippen LogP contribution in [0, 0.1) is 0 Å². The Labute approximate surface area is 128 Å². The van der Waals surface area contributed by atoms with Crippen LogP contribution in [-0.2, 0) is 7.05 Å². The molecule has 0 aliphatic heterocycles. The Morgan fingerprint density at radius 1 is 1.30 bits per heavy atom. The van der Waals surface area contributed by atoms with Crippen molar-refractivity contribution in [1.29, 1.82) is 0 Å². The van der Waals surface area contributed by atoms with E-state index in [4.69, 9.17) is 0 Å². The second-order valence-electron chi connectivity index (χ2n) is 4.20. The molecule has 1 aromatic carbocycles.